The molecule has 0 radical (unpaired) electrons. The molecule has 0 atom stereocenters. The molecule has 8 nitrogen and oxygen atoms in total. The van der Waals surface area contributed by atoms with Crippen molar-refractivity contribution >= 4 is 22.8 Å². The molecule has 0 unspecified atom stereocenters. The van der Waals surface area contributed by atoms with Crippen LogP contribution in [-0.4, -0.2) is 33.4 Å². The zero-order valence-electron chi connectivity index (χ0n) is 13.8. The smallest absolute Gasteiger partial charge is 0.327 e. The Bertz CT molecular complexity index is 985. The Morgan fingerprint density at radius 3 is 2.58 bits per heavy atom. The summed E-state index contributed by atoms with van der Waals surface area (Å²) in [5.41, 5.74) is 0.904. The van der Waals surface area contributed by atoms with Gasteiger partial charge in [-0.2, -0.15) is 4.68 Å². The summed E-state index contributed by atoms with van der Waals surface area (Å²) in [6.45, 7) is -0.661. The summed E-state index contributed by atoms with van der Waals surface area (Å²) >= 11 is 0. The minimum atomic E-state index is -0.673. The van der Waals surface area contributed by atoms with Crippen molar-refractivity contribution in [1.82, 2.24) is 20.3 Å². The topological polar surface area (TPSA) is 103 Å². The fraction of sp³-hybridized carbons (Fsp3) is 0.167. The summed E-state index contributed by atoms with van der Waals surface area (Å²) in [6.07, 6.45) is 0.170. The van der Waals surface area contributed by atoms with Crippen molar-refractivity contribution in [3.8, 4) is 0 Å². The summed E-state index contributed by atoms with van der Waals surface area (Å²) in [5.74, 6) is -0.968. The molecule has 1 heterocycles. The van der Waals surface area contributed by atoms with Crippen LogP contribution in [0.4, 0.5) is 0 Å². The molecule has 0 saturated carbocycles. The van der Waals surface area contributed by atoms with Gasteiger partial charge in [0, 0.05) is 0 Å². The summed E-state index contributed by atoms with van der Waals surface area (Å²) in [7, 11) is 0. The van der Waals surface area contributed by atoms with Crippen LogP contribution in [0.3, 0.4) is 0 Å². The first-order valence-electron chi connectivity index (χ1n) is 7.92. The highest BCUT2D eigenvalue weighted by Crippen LogP contribution is 2.03. The maximum Gasteiger partial charge on any atom is 0.327 e. The average molecular weight is 352 g/mol. The largest absolute Gasteiger partial charge is 0.441 e. The molecular weight excluding hydrogens is 336 g/mol. The molecule has 26 heavy (non-hydrogen) atoms. The monoisotopic (exact) mass is 352 g/mol. The first kappa shape index (κ1) is 17.3. The molecule has 1 N–H and O–H groups in total. The van der Waals surface area contributed by atoms with Crippen LogP contribution < -0.4 is 10.9 Å². The first-order chi connectivity index (χ1) is 12.6. The lowest BCUT2D eigenvalue weighted by Crippen LogP contribution is -2.33. The predicted octanol–water partition coefficient (Wildman–Crippen LogP) is 0.651. The van der Waals surface area contributed by atoms with Crippen LogP contribution in [0.2, 0.25) is 0 Å². The Balaban J connectivity index is 1.51. The third kappa shape index (κ3) is 4.29. The number of ether oxygens (including phenoxy) is 1. The van der Waals surface area contributed by atoms with Crippen molar-refractivity contribution < 1.29 is 14.3 Å². The van der Waals surface area contributed by atoms with E-state index in [0.717, 1.165) is 10.2 Å². The molecule has 0 bridgehead atoms. The van der Waals surface area contributed by atoms with Crippen molar-refractivity contribution in [3.05, 3.63) is 70.5 Å². The van der Waals surface area contributed by atoms with Crippen LogP contribution in [-0.2, 0) is 27.5 Å². The number of nitrogens with zero attached hydrogens (tertiary/aromatic N) is 3. The van der Waals surface area contributed by atoms with E-state index in [4.69, 9.17) is 4.74 Å². The van der Waals surface area contributed by atoms with E-state index in [0.29, 0.717) is 10.9 Å². The van der Waals surface area contributed by atoms with Crippen LogP contribution in [0.25, 0.3) is 10.9 Å². The molecule has 0 aliphatic rings. The lowest BCUT2D eigenvalue weighted by molar-refractivity contribution is -0.148. The van der Waals surface area contributed by atoms with Crippen LogP contribution >= 0.6 is 0 Å². The zero-order chi connectivity index (χ0) is 18.4. The molecule has 132 valence electrons. The Hall–Kier alpha value is -3.55. The average Bonchev–Trinajstić information content (AvgIpc) is 2.67. The van der Waals surface area contributed by atoms with Crippen LogP contribution in [0.5, 0.6) is 0 Å². The Morgan fingerprint density at radius 1 is 1.04 bits per heavy atom. The molecule has 1 aromatic heterocycles. The minimum Gasteiger partial charge on any atom is -0.441 e. The fourth-order valence-electron chi connectivity index (χ4n) is 2.31. The number of nitrogens with one attached hydrogen (secondary N) is 1. The second-order valence-corrected chi connectivity index (χ2v) is 5.50. The second-order valence-electron chi connectivity index (χ2n) is 5.50. The Kier molecular flexibility index (Phi) is 5.33. The van der Waals surface area contributed by atoms with Gasteiger partial charge in [-0.25, -0.2) is 0 Å². The van der Waals surface area contributed by atoms with Gasteiger partial charge < -0.3 is 10.1 Å². The Morgan fingerprint density at radius 2 is 1.77 bits per heavy atom. The molecule has 2 aromatic carbocycles. The van der Waals surface area contributed by atoms with Crippen molar-refractivity contribution in [2.24, 2.45) is 0 Å². The van der Waals surface area contributed by atoms with Gasteiger partial charge in [-0.15, -0.1) is 5.10 Å². The van der Waals surface area contributed by atoms with E-state index in [1.165, 1.54) is 0 Å². The van der Waals surface area contributed by atoms with Crippen LogP contribution in [0.1, 0.15) is 5.56 Å². The molecule has 0 spiro atoms. The molecular formula is C18H16N4O4. The number of benzene rings is 2. The first-order valence-corrected chi connectivity index (χ1v) is 7.92. The van der Waals surface area contributed by atoms with E-state index in [1.54, 1.807) is 24.3 Å². The van der Waals surface area contributed by atoms with Crippen molar-refractivity contribution in [2.75, 3.05) is 6.54 Å². The number of hydrogen-bond acceptors (Lipinski definition) is 6. The van der Waals surface area contributed by atoms with E-state index < -0.39 is 11.5 Å². The van der Waals surface area contributed by atoms with Gasteiger partial charge in [0.05, 0.1) is 11.8 Å². The minimum absolute atomic E-state index is 0.170. The number of fused-ring (bicyclic) bond motifs is 1. The second kappa shape index (κ2) is 8.02. The third-order valence-corrected chi connectivity index (χ3v) is 3.61. The van der Waals surface area contributed by atoms with Crippen molar-refractivity contribution in [1.29, 1.82) is 0 Å². The van der Waals surface area contributed by atoms with Gasteiger partial charge >= 0.3 is 5.97 Å². The van der Waals surface area contributed by atoms with Gasteiger partial charge in [0.25, 0.3) is 5.56 Å². The van der Waals surface area contributed by atoms with Crippen LogP contribution in [0.15, 0.2) is 59.4 Å². The number of carbonyl (C=O) groups excluding carboxylic acids is 2. The van der Waals surface area contributed by atoms with E-state index in [-0.39, 0.29) is 25.6 Å². The quantitative estimate of drug-likeness (QED) is 0.654. The standard InChI is InChI=1S/C18H16N4O4/c23-16(10-13-6-2-1-3-7-13)19-11-17(24)26-12-22-18(25)14-8-4-5-9-15(14)20-21-22/h1-9H,10-12H2,(H,19,23). The molecule has 0 fully saturated rings. The highest BCUT2D eigenvalue weighted by atomic mass is 16.5. The van der Waals surface area contributed by atoms with Crippen molar-refractivity contribution in [3.63, 3.8) is 0 Å². The molecule has 8 heteroatoms. The van der Waals surface area contributed by atoms with Gasteiger partial charge in [-0.05, 0) is 17.7 Å². The number of esters is 1. The van der Waals surface area contributed by atoms with Gasteiger partial charge in [0.2, 0.25) is 5.91 Å². The number of hydrogen-bond donors (Lipinski definition) is 1. The molecule has 0 aliphatic carbocycles. The van der Waals surface area contributed by atoms with Gasteiger partial charge in [0.15, 0.2) is 6.73 Å². The van der Waals surface area contributed by atoms with Crippen molar-refractivity contribution in [2.45, 2.75) is 13.2 Å². The summed E-state index contributed by atoms with van der Waals surface area (Å²) in [5, 5.41) is 10.5. The van der Waals surface area contributed by atoms with E-state index in [9.17, 15) is 14.4 Å². The molecule has 1 amide bonds. The predicted molar refractivity (Wildman–Crippen MR) is 93.0 cm³/mol. The molecule has 0 aliphatic heterocycles. The van der Waals surface area contributed by atoms with E-state index in [2.05, 4.69) is 15.6 Å². The maximum absolute atomic E-state index is 12.2. The summed E-state index contributed by atoms with van der Waals surface area (Å²) in [6, 6.07) is 15.9. The summed E-state index contributed by atoms with van der Waals surface area (Å²) in [4.78, 5) is 35.8. The number of aromatic nitrogens is 3. The summed E-state index contributed by atoms with van der Waals surface area (Å²) < 4.78 is 5.92. The van der Waals surface area contributed by atoms with Crippen LogP contribution in [0, 0.1) is 0 Å². The highest BCUT2D eigenvalue weighted by molar-refractivity contribution is 5.83. The number of amides is 1. The maximum atomic E-state index is 12.2. The van der Waals surface area contributed by atoms with Gasteiger partial charge in [-0.3, -0.25) is 14.4 Å². The highest BCUT2D eigenvalue weighted by Gasteiger charge is 2.10. The van der Waals surface area contributed by atoms with E-state index >= 15 is 0 Å². The lowest BCUT2D eigenvalue weighted by Gasteiger charge is -2.08. The normalized spacial score (nSPS) is 10.5. The third-order valence-electron chi connectivity index (χ3n) is 3.61. The van der Waals surface area contributed by atoms with Gasteiger partial charge in [0.1, 0.15) is 12.1 Å². The molecule has 3 aromatic rings. The van der Waals surface area contributed by atoms with E-state index in [1.807, 2.05) is 30.3 Å². The number of carbonyl (C=O) groups is 2. The Labute approximate surface area is 148 Å². The molecule has 0 saturated heterocycles. The number of rotatable bonds is 6. The lowest BCUT2D eigenvalue weighted by atomic mass is 10.1. The fourth-order valence-corrected chi connectivity index (χ4v) is 2.31. The molecule has 3 rings (SSSR count). The zero-order valence-corrected chi connectivity index (χ0v) is 13.8. The van der Waals surface area contributed by atoms with Gasteiger partial charge in [-0.1, -0.05) is 47.7 Å². The SMILES string of the molecule is O=C(Cc1ccccc1)NCC(=O)OCn1nnc2ccccc2c1=O.